The second kappa shape index (κ2) is 5.96. The van der Waals surface area contributed by atoms with Gasteiger partial charge >= 0.3 is 5.97 Å². The maximum Gasteiger partial charge on any atom is 0.303 e. The number of rotatable bonds is 6. The lowest BCUT2D eigenvalue weighted by Gasteiger charge is -2.10. The minimum Gasteiger partial charge on any atom is -0.497 e. The van der Waals surface area contributed by atoms with Gasteiger partial charge in [0.15, 0.2) is 0 Å². The van der Waals surface area contributed by atoms with Gasteiger partial charge in [0, 0.05) is 29.1 Å². The van der Waals surface area contributed by atoms with Crippen LogP contribution in [0, 0.1) is 6.92 Å². The Balaban J connectivity index is 2.21. The molecule has 0 aliphatic rings. The number of aliphatic carboxylic acids is 1. The number of fused-ring (bicyclic) bond motifs is 1. The van der Waals surface area contributed by atoms with Crippen LogP contribution in [0.4, 0.5) is 0 Å². The number of benzene rings is 1. The quantitative estimate of drug-likeness (QED) is 0.757. The number of nitrogens with two attached hydrogens (primary N) is 1. The summed E-state index contributed by atoms with van der Waals surface area (Å²) in [6.07, 6.45) is 1.38. The normalized spacial score (nSPS) is 12.6. The van der Waals surface area contributed by atoms with Crippen molar-refractivity contribution < 1.29 is 14.6 Å². The predicted molar refractivity (Wildman–Crippen MR) is 78.0 cm³/mol. The van der Waals surface area contributed by atoms with Crippen LogP contribution in [0.1, 0.15) is 36.6 Å². The number of hydrogen-bond acceptors (Lipinski definition) is 3. The molecule has 1 heterocycles. The van der Waals surface area contributed by atoms with Gasteiger partial charge in [0.1, 0.15) is 5.75 Å². The molecule has 0 unspecified atom stereocenters. The first-order valence-corrected chi connectivity index (χ1v) is 6.66. The lowest BCUT2D eigenvalue weighted by molar-refractivity contribution is -0.137. The van der Waals surface area contributed by atoms with Crippen LogP contribution in [0.25, 0.3) is 10.9 Å². The van der Waals surface area contributed by atoms with Crippen LogP contribution in [0.5, 0.6) is 5.75 Å². The monoisotopic (exact) mass is 276 g/mol. The molecule has 0 fully saturated rings. The number of carboxylic acid groups (broad SMARTS) is 1. The zero-order valence-corrected chi connectivity index (χ0v) is 11.8. The minimum atomic E-state index is -0.782. The Hall–Kier alpha value is -2.01. The van der Waals surface area contributed by atoms with Crippen LogP contribution in [-0.2, 0) is 4.79 Å². The summed E-state index contributed by atoms with van der Waals surface area (Å²) >= 11 is 0. The van der Waals surface area contributed by atoms with Gasteiger partial charge in [-0.15, -0.1) is 0 Å². The lowest BCUT2D eigenvalue weighted by Crippen LogP contribution is -2.12. The Bertz CT molecular complexity index is 619. The van der Waals surface area contributed by atoms with Crippen molar-refractivity contribution in [1.82, 2.24) is 4.98 Å². The van der Waals surface area contributed by atoms with Crippen molar-refractivity contribution in [2.24, 2.45) is 5.73 Å². The topological polar surface area (TPSA) is 88.3 Å². The Morgan fingerprint density at radius 1 is 1.50 bits per heavy atom. The van der Waals surface area contributed by atoms with Crippen molar-refractivity contribution in [1.29, 1.82) is 0 Å². The van der Waals surface area contributed by atoms with Crippen molar-refractivity contribution in [3.05, 3.63) is 29.5 Å². The maximum atomic E-state index is 10.5. The number of nitrogens with one attached hydrogen (secondary N) is 1. The van der Waals surface area contributed by atoms with E-state index in [0.29, 0.717) is 12.8 Å². The van der Waals surface area contributed by atoms with Crippen LogP contribution in [0.3, 0.4) is 0 Å². The summed E-state index contributed by atoms with van der Waals surface area (Å²) in [5.41, 5.74) is 9.25. The van der Waals surface area contributed by atoms with Crippen molar-refractivity contribution in [2.45, 2.75) is 32.2 Å². The summed E-state index contributed by atoms with van der Waals surface area (Å²) in [5, 5.41) is 9.75. The molecule has 0 saturated carbocycles. The molecule has 1 aromatic heterocycles. The molecule has 4 N–H and O–H groups in total. The van der Waals surface area contributed by atoms with E-state index in [1.165, 1.54) is 0 Å². The number of carbonyl (C=O) groups is 1. The predicted octanol–water partition coefficient (Wildman–Crippen LogP) is 2.74. The molecule has 0 aliphatic heterocycles. The van der Waals surface area contributed by atoms with Crippen LogP contribution in [0.15, 0.2) is 18.2 Å². The van der Waals surface area contributed by atoms with E-state index >= 15 is 0 Å². The van der Waals surface area contributed by atoms with Gasteiger partial charge in [-0.2, -0.15) is 0 Å². The van der Waals surface area contributed by atoms with E-state index in [-0.39, 0.29) is 12.5 Å². The van der Waals surface area contributed by atoms with E-state index in [4.69, 9.17) is 15.6 Å². The Morgan fingerprint density at radius 2 is 2.25 bits per heavy atom. The van der Waals surface area contributed by atoms with E-state index in [1.807, 2.05) is 25.1 Å². The van der Waals surface area contributed by atoms with Gasteiger partial charge in [-0.05, 0) is 43.5 Å². The van der Waals surface area contributed by atoms with Crippen molar-refractivity contribution in [3.63, 3.8) is 0 Å². The fraction of sp³-hybridized carbons (Fsp3) is 0.400. The van der Waals surface area contributed by atoms with E-state index in [2.05, 4.69) is 4.98 Å². The molecular formula is C15H20N2O3. The summed E-state index contributed by atoms with van der Waals surface area (Å²) < 4.78 is 5.23. The zero-order valence-electron chi connectivity index (χ0n) is 11.8. The highest BCUT2D eigenvalue weighted by Crippen LogP contribution is 2.29. The first-order chi connectivity index (χ1) is 9.52. The average molecular weight is 276 g/mol. The number of ether oxygens (including phenoxy) is 1. The minimum absolute atomic E-state index is 0.154. The highest BCUT2D eigenvalue weighted by atomic mass is 16.5. The summed E-state index contributed by atoms with van der Waals surface area (Å²) in [4.78, 5) is 13.9. The van der Waals surface area contributed by atoms with Gasteiger partial charge in [0.05, 0.1) is 7.11 Å². The summed E-state index contributed by atoms with van der Waals surface area (Å²) in [6.45, 7) is 2.02. The fourth-order valence-corrected chi connectivity index (χ4v) is 2.44. The molecule has 2 aromatic rings. The number of carboxylic acids is 1. The van der Waals surface area contributed by atoms with Crippen LogP contribution in [-0.4, -0.2) is 23.2 Å². The maximum absolute atomic E-state index is 10.5. The molecule has 0 spiro atoms. The van der Waals surface area contributed by atoms with Crippen LogP contribution < -0.4 is 10.5 Å². The molecule has 0 radical (unpaired) electrons. The van der Waals surface area contributed by atoms with Crippen LogP contribution in [0.2, 0.25) is 0 Å². The SMILES string of the molecule is COc1ccc2[nH]c([C@@H](N)CCCC(=O)O)c(C)c2c1. The molecule has 0 aliphatic carbocycles. The summed E-state index contributed by atoms with van der Waals surface area (Å²) in [7, 11) is 1.64. The highest BCUT2D eigenvalue weighted by Gasteiger charge is 2.15. The highest BCUT2D eigenvalue weighted by molar-refractivity contribution is 5.86. The summed E-state index contributed by atoms with van der Waals surface area (Å²) in [5.74, 6) is 0.0286. The third-order valence-electron chi connectivity index (χ3n) is 3.58. The van der Waals surface area contributed by atoms with Crippen LogP contribution >= 0.6 is 0 Å². The molecule has 1 aromatic carbocycles. The van der Waals surface area contributed by atoms with E-state index < -0.39 is 5.97 Å². The molecule has 1 atom stereocenters. The standard InChI is InChI=1S/C15H20N2O3/c1-9-11-8-10(20-2)6-7-13(11)17-15(9)12(16)4-3-5-14(18)19/h6-8,12,17H,3-5,16H2,1-2H3,(H,18,19)/t12-/m0/s1. The first-order valence-electron chi connectivity index (χ1n) is 6.66. The smallest absolute Gasteiger partial charge is 0.303 e. The van der Waals surface area contributed by atoms with Gasteiger partial charge in [-0.1, -0.05) is 0 Å². The van der Waals surface area contributed by atoms with Gasteiger partial charge < -0.3 is 20.6 Å². The molecule has 0 bridgehead atoms. The van der Waals surface area contributed by atoms with Gasteiger partial charge in [-0.3, -0.25) is 4.79 Å². The zero-order chi connectivity index (χ0) is 14.7. The van der Waals surface area contributed by atoms with E-state index in [9.17, 15) is 4.79 Å². The van der Waals surface area contributed by atoms with E-state index in [0.717, 1.165) is 27.9 Å². The molecule has 0 amide bonds. The largest absolute Gasteiger partial charge is 0.497 e. The number of aromatic nitrogens is 1. The van der Waals surface area contributed by atoms with Crippen molar-refractivity contribution >= 4 is 16.9 Å². The van der Waals surface area contributed by atoms with Crippen molar-refractivity contribution in [2.75, 3.05) is 7.11 Å². The Labute approximate surface area is 117 Å². The molecule has 20 heavy (non-hydrogen) atoms. The fourth-order valence-electron chi connectivity index (χ4n) is 2.44. The number of methoxy groups -OCH3 is 1. The van der Waals surface area contributed by atoms with Gasteiger partial charge in [0.2, 0.25) is 0 Å². The molecular weight excluding hydrogens is 256 g/mol. The molecule has 108 valence electrons. The lowest BCUT2D eigenvalue weighted by atomic mass is 10.0. The third-order valence-corrected chi connectivity index (χ3v) is 3.58. The third kappa shape index (κ3) is 2.93. The average Bonchev–Trinajstić information content (AvgIpc) is 2.75. The second-order valence-electron chi connectivity index (χ2n) is 4.97. The number of aryl methyl sites for hydroxylation is 1. The molecule has 0 saturated heterocycles. The molecule has 2 rings (SSSR count). The Kier molecular flexibility index (Phi) is 4.29. The Morgan fingerprint density at radius 3 is 2.90 bits per heavy atom. The van der Waals surface area contributed by atoms with Gasteiger partial charge in [0.25, 0.3) is 0 Å². The summed E-state index contributed by atoms with van der Waals surface area (Å²) in [6, 6.07) is 5.68. The molecule has 5 nitrogen and oxygen atoms in total. The first kappa shape index (κ1) is 14.4. The van der Waals surface area contributed by atoms with E-state index in [1.54, 1.807) is 7.11 Å². The number of hydrogen-bond donors (Lipinski definition) is 3. The second-order valence-corrected chi connectivity index (χ2v) is 4.97. The van der Waals surface area contributed by atoms with Crippen molar-refractivity contribution in [3.8, 4) is 5.75 Å². The van der Waals surface area contributed by atoms with Gasteiger partial charge in [-0.25, -0.2) is 0 Å². The molecule has 5 heteroatoms. The number of aromatic amines is 1. The number of H-pyrrole nitrogens is 1.